The Kier molecular flexibility index (Phi) is 4.55. The fourth-order valence-corrected chi connectivity index (χ4v) is 3.12. The van der Waals surface area contributed by atoms with E-state index in [1.807, 2.05) is 6.20 Å². The predicted molar refractivity (Wildman–Crippen MR) is 83.8 cm³/mol. The van der Waals surface area contributed by atoms with Gasteiger partial charge in [-0.3, -0.25) is 4.79 Å². The average Bonchev–Trinajstić information content (AvgIpc) is 2.51. The van der Waals surface area contributed by atoms with Crippen molar-refractivity contribution in [2.24, 2.45) is 5.92 Å². The Balaban J connectivity index is 1.66. The van der Waals surface area contributed by atoms with Crippen LogP contribution in [-0.4, -0.2) is 61.0 Å². The summed E-state index contributed by atoms with van der Waals surface area (Å²) in [4.78, 5) is 16.8. The van der Waals surface area contributed by atoms with Crippen LogP contribution in [0.3, 0.4) is 0 Å². The fourth-order valence-electron chi connectivity index (χ4n) is 3.12. The van der Waals surface area contributed by atoms with Crippen molar-refractivity contribution in [3.05, 3.63) is 22.6 Å². The molecule has 21 heavy (non-hydrogen) atoms. The summed E-state index contributed by atoms with van der Waals surface area (Å²) in [5.74, 6) is 0.526. The third kappa shape index (κ3) is 3.63. The number of piperazine rings is 1. The third-order valence-electron chi connectivity index (χ3n) is 4.55. The van der Waals surface area contributed by atoms with Crippen LogP contribution in [0.5, 0.6) is 0 Å². The van der Waals surface area contributed by atoms with Gasteiger partial charge in [0.05, 0.1) is 11.9 Å². The molecule has 6 nitrogen and oxygen atoms in total. The number of nitrogens with zero attached hydrogens (tertiary/aromatic N) is 4. The molecule has 1 unspecified atom stereocenters. The number of aromatic nitrogens is 2. The quantitative estimate of drug-likeness (QED) is 0.849. The molecule has 0 aliphatic carbocycles. The Morgan fingerprint density at radius 1 is 1.33 bits per heavy atom. The molecule has 2 saturated heterocycles. The van der Waals surface area contributed by atoms with Gasteiger partial charge in [0.2, 0.25) is 0 Å². The van der Waals surface area contributed by atoms with Gasteiger partial charge in [-0.2, -0.15) is 5.10 Å². The van der Waals surface area contributed by atoms with Crippen LogP contribution in [0.15, 0.2) is 17.1 Å². The Labute approximate surface area is 125 Å². The fraction of sp³-hybridized carbons (Fsp3) is 0.733. The molecule has 3 heterocycles. The third-order valence-corrected chi connectivity index (χ3v) is 4.55. The van der Waals surface area contributed by atoms with Crippen molar-refractivity contribution in [2.45, 2.75) is 19.4 Å². The molecule has 0 radical (unpaired) electrons. The first-order valence-corrected chi connectivity index (χ1v) is 7.94. The summed E-state index contributed by atoms with van der Waals surface area (Å²) in [6.45, 7) is 6.83. The highest BCUT2D eigenvalue weighted by atomic mass is 16.1. The average molecular weight is 291 g/mol. The van der Waals surface area contributed by atoms with E-state index in [9.17, 15) is 4.79 Å². The molecule has 0 saturated carbocycles. The van der Waals surface area contributed by atoms with Crippen LogP contribution in [-0.2, 0) is 6.54 Å². The zero-order chi connectivity index (χ0) is 14.7. The van der Waals surface area contributed by atoms with Crippen molar-refractivity contribution in [3.8, 4) is 0 Å². The van der Waals surface area contributed by atoms with Gasteiger partial charge in [0.15, 0.2) is 0 Å². The number of rotatable bonds is 3. The van der Waals surface area contributed by atoms with Crippen LogP contribution < -0.4 is 15.8 Å². The molecular weight excluding hydrogens is 266 g/mol. The lowest BCUT2D eigenvalue weighted by Crippen LogP contribution is -2.45. The molecule has 2 fully saturated rings. The molecule has 0 spiro atoms. The highest BCUT2D eigenvalue weighted by Crippen LogP contribution is 2.14. The second-order valence-electron chi connectivity index (χ2n) is 6.24. The molecule has 2 aliphatic rings. The Morgan fingerprint density at radius 2 is 2.14 bits per heavy atom. The van der Waals surface area contributed by atoms with Gasteiger partial charge >= 0.3 is 0 Å². The van der Waals surface area contributed by atoms with Gasteiger partial charge in [-0.15, -0.1) is 0 Å². The van der Waals surface area contributed by atoms with Gasteiger partial charge in [-0.25, -0.2) is 4.68 Å². The summed E-state index contributed by atoms with van der Waals surface area (Å²) in [6.07, 6.45) is 4.23. The number of anilines is 1. The molecule has 3 rings (SSSR count). The molecule has 1 aromatic heterocycles. The second-order valence-corrected chi connectivity index (χ2v) is 6.24. The summed E-state index contributed by atoms with van der Waals surface area (Å²) < 4.78 is 1.62. The van der Waals surface area contributed by atoms with Crippen molar-refractivity contribution in [2.75, 3.05) is 51.2 Å². The summed E-state index contributed by atoms with van der Waals surface area (Å²) >= 11 is 0. The largest absolute Gasteiger partial charge is 0.368 e. The minimum Gasteiger partial charge on any atom is -0.368 e. The minimum atomic E-state index is 0.0250. The van der Waals surface area contributed by atoms with Crippen LogP contribution >= 0.6 is 0 Å². The predicted octanol–water partition coefficient (Wildman–Crippen LogP) is -0.00530. The molecule has 116 valence electrons. The van der Waals surface area contributed by atoms with Crippen molar-refractivity contribution in [1.82, 2.24) is 20.0 Å². The molecule has 6 heteroatoms. The lowest BCUT2D eigenvalue weighted by atomic mass is 10.00. The maximum atomic E-state index is 12.3. The summed E-state index contributed by atoms with van der Waals surface area (Å²) in [5, 5.41) is 7.77. The van der Waals surface area contributed by atoms with Crippen molar-refractivity contribution in [3.63, 3.8) is 0 Å². The normalized spacial score (nSPS) is 24.2. The number of hydrogen-bond acceptors (Lipinski definition) is 5. The van der Waals surface area contributed by atoms with Crippen LogP contribution in [0.25, 0.3) is 0 Å². The van der Waals surface area contributed by atoms with E-state index >= 15 is 0 Å². The van der Waals surface area contributed by atoms with Crippen LogP contribution in [0.2, 0.25) is 0 Å². The molecule has 1 aromatic rings. The maximum absolute atomic E-state index is 12.3. The van der Waals surface area contributed by atoms with Crippen LogP contribution in [0.1, 0.15) is 12.8 Å². The molecule has 0 amide bonds. The molecule has 1 atom stereocenters. The van der Waals surface area contributed by atoms with Gasteiger partial charge in [-0.1, -0.05) is 0 Å². The second kappa shape index (κ2) is 6.58. The van der Waals surface area contributed by atoms with Crippen LogP contribution in [0.4, 0.5) is 5.69 Å². The first-order chi connectivity index (χ1) is 10.2. The van der Waals surface area contributed by atoms with Crippen molar-refractivity contribution >= 4 is 5.69 Å². The standard InChI is InChI=1S/C15H25N5O/c1-18-5-7-19(8-6-18)14-9-15(21)20(17-11-14)12-13-3-2-4-16-10-13/h9,11,13,16H,2-8,10,12H2,1H3. The van der Waals surface area contributed by atoms with E-state index in [1.54, 1.807) is 10.7 Å². The monoisotopic (exact) mass is 291 g/mol. The van der Waals surface area contributed by atoms with Crippen molar-refractivity contribution in [1.29, 1.82) is 0 Å². The van der Waals surface area contributed by atoms with E-state index in [0.717, 1.165) is 51.5 Å². The lowest BCUT2D eigenvalue weighted by molar-refractivity contribution is 0.311. The van der Waals surface area contributed by atoms with Crippen molar-refractivity contribution < 1.29 is 0 Å². The van der Waals surface area contributed by atoms with E-state index in [2.05, 4.69) is 27.3 Å². The zero-order valence-corrected chi connectivity index (χ0v) is 12.8. The lowest BCUT2D eigenvalue weighted by Gasteiger charge is -2.33. The smallest absolute Gasteiger partial charge is 0.268 e. The molecule has 2 aliphatic heterocycles. The van der Waals surface area contributed by atoms with Gasteiger partial charge in [0.25, 0.3) is 5.56 Å². The highest BCUT2D eigenvalue weighted by Gasteiger charge is 2.17. The molecule has 0 bridgehead atoms. The SMILES string of the molecule is CN1CCN(c2cnn(CC3CCCNC3)c(=O)c2)CC1. The van der Waals surface area contributed by atoms with Crippen LogP contribution in [0, 0.1) is 5.92 Å². The zero-order valence-electron chi connectivity index (χ0n) is 12.8. The number of nitrogens with one attached hydrogen (secondary N) is 1. The van der Waals surface area contributed by atoms with Gasteiger partial charge in [0.1, 0.15) is 0 Å². The number of hydrogen-bond donors (Lipinski definition) is 1. The molecular formula is C15H25N5O. The first-order valence-electron chi connectivity index (χ1n) is 7.94. The number of likely N-dealkylation sites (N-methyl/N-ethyl adjacent to an activating group) is 1. The summed E-state index contributed by atoms with van der Waals surface area (Å²) in [7, 11) is 2.13. The Hall–Kier alpha value is -1.40. The summed E-state index contributed by atoms with van der Waals surface area (Å²) in [6, 6.07) is 1.74. The Morgan fingerprint density at radius 3 is 2.81 bits per heavy atom. The van der Waals surface area contributed by atoms with Gasteiger partial charge < -0.3 is 15.1 Å². The first kappa shape index (κ1) is 14.5. The minimum absolute atomic E-state index is 0.0250. The van der Waals surface area contributed by atoms with E-state index in [0.29, 0.717) is 5.92 Å². The van der Waals surface area contributed by atoms with E-state index in [4.69, 9.17) is 0 Å². The van der Waals surface area contributed by atoms with E-state index in [1.165, 1.54) is 12.8 Å². The van der Waals surface area contributed by atoms with E-state index in [-0.39, 0.29) is 5.56 Å². The maximum Gasteiger partial charge on any atom is 0.268 e. The molecule has 1 N–H and O–H groups in total. The van der Waals surface area contributed by atoms with Gasteiger partial charge in [0, 0.05) is 38.8 Å². The molecule has 0 aromatic carbocycles. The Bertz CT molecular complexity index is 515. The highest BCUT2D eigenvalue weighted by molar-refractivity contribution is 5.43. The topological polar surface area (TPSA) is 53.4 Å². The van der Waals surface area contributed by atoms with E-state index < -0.39 is 0 Å². The van der Waals surface area contributed by atoms with Gasteiger partial charge in [-0.05, 0) is 38.9 Å². The number of piperidine rings is 1. The summed E-state index contributed by atoms with van der Waals surface area (Å²) in [5.41, 5.74) is 0.989.